The zero-order valence-electron chi connectivity index (χ0n) is 9.65. The van der Waals surface area contributed by atoms with Crippen LogP contribution in [0, 0.1) is 12.7 Å². The topological polar surface area (TPSA) is 46.9 Å². The maximum atomic E-state index is 12.8. The van der Waals surface area contributed by atoms with Crippen molar-refractivity contribution in [1.82, 2.24) is 9.78 Å². The normalized spacial score (nSPS) is 10.4. The quantitative estimate of drug-likeness (QED) is 0.929. The second kappa shape index (κ2) is 5.18. The molecular formula is C12H11ClFN3O. The predicted octanol–water partition coefficient (Wildman–Crippen LogP) is 2.62. The van der Waals surface area contributed by atoms with Crippen LogP contribution in [0.4, 0.5) is 10.1 Å². The summed E-state index contributed by atoms with van der Waals surface area (Å²) in [7, 11) is 0. The third-order valence-electron chi connectivity index (χ3n) is 2.27. The van der Waals surface area contributed by atoms with E-state index in [0.29, 0.717) is 5.69 Å². The van der Waals surface area contributed by atoms with E-state index in [1.807, 2.05) is 6.92 Å². The number of amides is 1. The van der Waals surface area contributed by atoms with Gasteiger partial charge >= 0.3 is 0 Å². The van der Waals surface area contributed by atoms with Crippen molar-refractivity contribution < 1.29 is 9.18 Å². The molecule has 0 aliphatic heterocycles. The lowest BCUT2D eigenvalue weighted by molar-refractivity contribution is -0.116. The number of halogens is 2. The second-order valence-electron chi connectivity index (χ2n) is 3.89. The highest BCUT2D eigenvalue weighted by Gasteiger charge is 2.07. The van der Waals surface area contributed by atoms with Crippen molar-refractivity contribution in [3.63, 3.8) is 0 Å². The molecule has 0 radical (unpaired) electrons. The lowest BCUT2D eigenvalue weighted by atomic mass is 10.3. The van der Waals surface area contributed by atoms with Crippen molar-refractivity contribution in [3.8, 4) is 0 Å². The Kier molecular flexibility index (Phi) is 3.62. The first kappa shape index (κ1) is 12.6. The van der Waals surface area contributed by atoms with Crippen LogP contribution in [0.15, 0.2) is 30.6 Å². The molecule has 2 rings (SSSR count). The number of nitrogens with one attached hydrogen (secondary N) is 1. The molecule has 0 unspecified atom stereocenters. The second-order valence-corrected chi connectivity index (χ2v) is 4.29. The molecule has 2 aromatic rings. The Morgan fingerprint density at radius 1 is 1.56 bits per heavy atom. The number of hydrogen-bond donors (Lipinski definition) is 1. The van der Waals surface area contributed by atoms with Gasteiger partial charge in [-0.15, -0.1) is 0 Å². The Morgan fingerprint density at radius 3 is 2.94 bits per heavy atom. The molecular weight excluding hydrogens is 257 g/mol. The largest absolute Gasteiger partial charge is 0.323 e. The number of benzene rings is 1. The zero-order valence-corrected chi connectivity index (χ0v) is 10.4. The SMILES string of the molecule is Cc1cnn(CC(=O)Nc2ccc(F)cc2Cl)c1. The Hall–Kier alpha value is -1.88. The van der Waals surface area contributed by atoms with Crippen LogP contribution in [0.3, 0.4) is 0 Å². The molecule has 4 nitrogen and oxygen atoms in total. The van der Waals surface area contributed by atoms with Crippen molar-refractivity contribution >= 4 is 23.2 Å². The van der Waals surface area contributed by atoms with E-state index in [9.17, 15) is 9.18 Å². The van der Waals surface area contributed by atoms with Crippen molar-refractivity contribution in [1.29, 1.82) is 0 Å². The molecule has 1 amide bonds. The van der Waals surface area contributed by atoms with Crippen LogP contribution in [0.1, 0.15) is 5.56 Å². The average Bonchev–Trinajstić information content (AvgIpc) is 2.68. The van der Waals surface area contributed by atoms with E-state index in [-0.39, 0.29) is 17.5 Å². The monoisotopic (exact) mass is 267 g/mol. The summed E-state index contributed by atoms with van der Waals surface area (Å²) in [6.07, 6.45) is 3.42. The van der Waals surface area contributed by atoms with Crippen LogP contribution in [-0.4, -0.2) is 15.7 Å². The molecule has 0 atom stereocenters. The van der Waals surface area contributed by atoms with E-state index in [2.05, 4.69) is 10.4 Å². The number of rotatable bonds is 3. The van der Waals surface area contributed by atoms with E-state index in [4.69, 9.17) is 11.6 Å². The van der Waals surface area contributed by atoms with Gasteiger partial charge in [-0.25, -0.2) is 4.39 Å². The average molecular weight is 268 g/mol. The smallest absolute Gasteiger partial charge is 0.246 e. The van der Waals surface area contributed by atoms with Crippen molar-refractivity contribution in [2.24, 2.45) is 0 Å². The molecule has 6 heteroatoms. The molecule has 0 aliphatic carbocycles. The first-order valence-electron chi connectivity index (χ1n) is 5.28. The highest BCUT2D eigenvalue weighted by molar-refractivity contribution is 6.33. The fourth-order valence-corrected chi connectivity index (χ4v) is 1.70. The van der Waals surface area contributed by atoms with Gasteiger partial charge in [-0.2, -0.15) is 5.10 Å². The lowest BCUT2D eigenvalue weighted by Gasteiger charge is -2.07. The molecule has 0 bridgehead atoms. The van der Waals surface area contributed by atoms with Gasteiger partial charge in [0.1, 0.15) is 12.4 Å². The molecule has 0 spiro atoms. The lowest BCUT2D eigenvalue weighted by Crippen LogP contribution is -2.19. The van der Waals surface area contributed by atoms with E-state index in [1.165, 1.54) is 16.8 Å². The van der Waals surface area contributed by atoms with E-state index < -0.39 is 5.82 Å². The van der Waals surface area contributed by atoms with Crippen molar-refractivity contribution in [3.05, 3.63) is 47.0 Å². The molecule has 18 heavy (non-hydrogen) atoms. The van der Waals surface area contributed by atoms with Gasteiger partial charge < -0.3 is 5.32 Å². The summed E-state index contributed by atoms with van der Waals surface area (Å²) in [6, 6.07) is 3.80. The number of nitrogens with zero attached hydrogens (tertiary/aromatic N) is 2. The van der Waals surface area contributed by atoms with Crippen LogP contribution in [0.2, 0.25) is 5.02 Å². The molecule has 0 saturated carbocycles. The molecule has 0 fully saturated rings. The summed E-state index contributed by atoms with van der Waals surface area (Å²) in [5, 5.41) is 6.76. The molecule has 0 saturated heterocycles. The third-order valence-corrected chi connectivity index (χ3v) is 2.59. The maximum Gasteiger partial charge on any atom is 0.246 e. The van der Waals surface area contributed by atoms with E-state index in [0.717, 1.165) is 11.6 Å². The van der Waals surface area contributed by atoms with E-state index in [1.54, 1.807) is 12.4 Å². The van der Waals surface area contributed by atoms with E-state index >= 15 is 0 Å². The van der Waals surface area contributed by atoms with Gasteiger partial charge in [0.05, 0.1) is 16.9 Å². The number of carbonyl (C=O) groups is 1. The number of aromatic nitrogens is 2. The molecule has 1 heterocycles. The van der Waals surface area contributed by atoms with Gasteiger partial charge in [-0.1, -0.05) is 11.6 Å². The van der Waals surface area contributed by atoms with Gasteiger partial charge in [0.2, 0.25) is 5.91 Å². The summed E-state index contributed by atoms with van der Waals surface area (Å²) >= 11 is 5.80. The Bertz CT molecular complexity index is 582. The fraction of sp³-hybridized carbons (Fsp3) is 0.167. The van der Waals surface area contributed by atoms with Gasteiger partial charge in [-0.3, -0.25) is 9.48 Å². The first-order chi connectivity index (χ1) is 8.54. The van der Waals surface area contributed by atoms with Crippen molar-refractivity contribution in [2.45, 2.75) is 13.5 Å². The molecule has 94 valence electrons. The minimum atomic E-state index is -0.444. The standard InChI is InChI=1S/C12H11ClFN3O/c1-8-5-15-17(6-8)7-12(18)16-11-3-2-9(14)4-10(11)13/h2-6H,7H2,1H3,(H,16,18). The Morgan fingerprint density at radius 2 is 2.33 bits per heavy atom. The third kappa shape index (κ3) is 3.07. The van der Waals surface area contributed by atoms with Crippen LogP contribution >= 0.6 is 11.6 Å². The van der Waals surface area contributed by atoms with Gasteiger partial charge in [0, 0.05) is 6.20 Å². The van der Waals surface area contributed by atoms with Gasteiger partial charge in [0.25, 0.3) is 0 Å². The van der Waals surface area contributed by atoms with Gasteiger partial charge in [0.15, 0.2) is 0 Å². The Labute approximate surface area is 108 Å². The first-order valence-corrected chi connectivity index (χ1v) is 5.66. The number of hydrogen-bond acceptors (Lipinski definition) is 2. The zero-order chi connectivity index (χ0) is 13.1. The molecule has 0 aliphatic rings. The van der Waals surface area contributed by atoms with Crippen molar-refractivity contribution in [2.75, 3.05) is 5.32 Å². The van der Waals surface area contributed by atoms with Crippen LogP contribution < -0.4 is 5.32 Å². The molecule has 1 aromatic heterocycles. The molecule has 1 aromatic carbocycles. The predicted molar refractivity (Wildman–Crippen MR) is 67.0 cm³/mol. The maximum absolute atomic E-state index is 12.8. The summed E-state index contributed by atoms with van der Waals surface area (Å²) < 4.78 is 14.3. The minimum absolute atomic E-state index is 0.0849. The van der Waals surface area contributed by atoms with Gasteiger partial charge in [-0.05, 0) is 30.7 Å². The highest BCUT2D eigenvalue weighted by Crippen LogP contribution is 2.22. The molecule has 1 N–H and O–H groups in total. The summed E-state index contributed by atoms with van der Waals surface area (Å²) in [5.74, 6) is -0.715. The minimum Gasteiger partial charge on any atom is -0.323 e. The highest BCUT2D eigenvalue weighted by atomic mass is 35.5. The van der Waals surface area contributed by atoms with Crippen LogP contribution in [0.25, 0.3) is 0 Å². The number of carbonyl (C=O) groups excluding carboxylic acids is 1. The van der Waals surface area contributed by atoms with Crippen LogP contribution in [-0.2, 0) is 11.3 Å². The summed E-state index contributed by atoms with van der Waals surface area (Å²) in [6.45, 7) is 1.97. The summed E-state index contributed by atoms with van der Waals surface area (Å²) in [4.78, 5) is 11.7. The number of aryl methyl sites for hydroxylation is 1. The number of anilines is 1. The van der Waals surface area contributed by atoms with Crippen LogP contribution in [0.5, 0.6) is 0 Å². The summed E-state index contributed by atoms with van der Waals surface area (Å²) in [5.41, 5.74) is 1.36. The Balaban J connectivity index is 2.03. The fourth-order valence-electron chi connectivity index (χ4n) is 1.48.